The van der Waals surface area contributed by atoms with Crippen LogP contribution in [0.5, 0.6) is 5.75 Å². The zero-order valence-electron chi connectivity index (χ0n) is 14.8. The summed E-state index contributed by atoms with van der Waals surface area (Å²) in [7, 11) is 0. The fourth-order valence-electron chi connectivity index (χ4n) is 2.99. The van der Waals surface area contributed by atoms with Gasteiger partial charge in [-0.25, -0.2) is 22.4 Å². The topological polar surface area (TPSA) is 26.3 Å². The van der Waals surface area contributed by atoms with Gasteiger partial charge >= 0.3 is 5.97 Å². The molecule has 0 saturated heterocycles. The number of halogens is 4. The molecule has 0 bridgehead atoms. The molecule has 4 aromatic carbocycles. The molecule has 0 atom stereocenters. The van der Waals surface area contributed by atoms with E-state index in [1.807, 2.05) is 24.3 Å². The number of hydrogen-bond acceptors (Lipinski definition) is 2. The van der Waals surface area contributed by atoms with E-state index in [0.29, 0.717) is 12.1 Å². The van der Waals surface area contributed by atoms with Gasteiger partial charge in [-0.3, -0.25) is 0 Å². The Bertz CT molecular complexity index is 1230. The van der Waals surface area contributed by atoms with Gasteiger partial charge in [-0.15, -0.1) is 0 Å². The third kappa shape index (κ3) is 3.69. The van der Waals surface area contributed by atoms with Crippen LogP contribution in [0.2, 0.25) is 0 Å². The van der Waals surface area contributed by atoms with Crippen molar-refractivity contribution in [3.8, 4) is 16.9 Å². The van der Waals surface area contributed by atoms with Gasteiger partial charge in [0.05, 0.1) is 5.56 Å². The van der Waals surface area contributed by atoms with Crippen LogP contribution < -0.4 is 4.74 Å². The second kappa shape index (κ2) is 7.39. The Morgan fingerprint density at radius 1 is 0.690 bits per heavy atom. The first-order valence-electron chi connectivity index (χ1n) is 8.58. The molecule has 0 aliphatic heterocycles. The Hall–Kier alpha value is -3.67. The fraction of sp³-hybridized carbons (Fsp3) is 0. The van der Waals surface area contributed by atoms with Crippen molar-refractivity contribution in [2.75, 3.05) is 0 Å². The van der Waals surface area contributed by atoms with E-state index in [2.05, 4.69) is 0 Å². The molecule has 4 aromatic rings. The van der Waals surface area contributed by atoms with E-state index in [9.17, 15) is 22.4 Å². The number of rotatable bonds is 3. The van der Waals surface area contributed by atoms with Gasteiger partial charge in [-0.2, -0.15) is 0 Å². The molecule has 6 heteroatoms. The summed E-state index contributed by atoms with van der Waals surface area (Å²) < 4.78 is 59.5. The largest absolute Gasteiger partial charge is 0.423 e. The van der Waals surface area contributed by atoms with Crippen LogP contribution in [0.1, 0.15) is 10.4 Å². The smallest absolute Gasteiger partial charge is 0.343 e. The number of esters is 1. The number of hydrogen-bond donors (Lipinski definition) is 0. The van der Waals surface area contributed by atoms with Crippen molar-refractivity contribution in [2.45, 2.75) is 0 Å². The summed E-state index contributed by atoms with van der Waals surface area (Å²) in [6, 6.07) is 17.3. The highest BCUT2D eigenvalue weighted by atomic mass is 19.2. The molecular formula is C23H12F4O2. The Morgan fingerprint density at radius 3 is 2.07 bits per heavy atom. The molecule has 29 heavy (non-hydrogen) atoms. The maximum absolute atomic E-state index is 14.4. The Balaban J connectivity index is 1.60. The van der Waals surface area contributed by atoms with Crippen LogP contribution in [0.15, 0.2) is 72.8 Å². The number of benzene rings is 4. The van der Waals surface area contributed by atoms with E-state index in [1.165, 1.54) is 12.1 Å². The van der Waals surface area contributed by atoms with Crippen LogP contribution in [0.3, 0.4) is 0 Å². The van der Waals surface area contributed by atoms with E-state index < -0.39 is 29.2 Å². The van der Waals surface area contributed by atoms with E-state index in [-0.39, 0.29) is 22.4 Å². The molecule has 2 nitrogen and oxygen atoms in total. The van der Waals surface area contributed by atoms with Crippen LogP contribution in [0.25, 0.3) is 21.9 Å². The van der Waals surface area contributed by atoms with E-state index in [1.54, 1.807) is 18.2 Å². The van der Waals surface area contributed by atoms with Gasteiger partial charge in [0, 0.05) is 11.6 Å². The van der Waals surface area contributed by atoms with Crippen LogP contribution >= 0.6 is 0 Å². The van der Waals surface area contributed by atoms with E-state index in [0.717, 1.165) is 16.8 Å². The number of carbonyl (C=O) groups excluding carboxylic acids is 1. The van der Waals surface area contributed by atoms with Crippen molar-refractivity contribution >= 4 is 16.7 Å². The summed E-state index contributed by atoms with van der Waals surface area (Å²) in [4.78, 5) is 12.4. The average molecular weight is 396 g/mol. The second-order valence-electron chi connectivity index (χ2n) is 6.35. The van der Waals surface area contributed by atoms with Crippen molar-refractivity contribution in [1.82, 2.24) is 0 Å². The van der Waals surface area contributed by atoms with E-state index >= 15 is 0 Å². The van der Waals surface area contributed by atoms with Gasteiger partial charge in [-0.1, -0.05) is 30.3 Å². The van der Waals surface area contributed by atoms with Crippen molar-refractivity contribution in [3.05, 3.63) is 102 Å². The van der Waals surface area contributed by atoms with Gasteiger partial charge < -0.3 is 4.74 Å². The summed E-state index contributed by atoms with van der Waals surface area (Å²) in [6.45, 7) is 0. The van der Waals surface area contributed by atoms with Gasteiger partial charge in [0.25, 0.3) is 0 Å². The van der Waals surface area contributed by atoms with Gasteiger partial charge in [-0.05, 0) is 52.7 Å². The second-order valence-corrected chi connectivity index (χ2v) is 6.35. The summed E-state index contributed by atoms with van der Waals surface area (Å²) >= 11 is 0. The lowest BCUT2D eigenvalue weighted by molar-refractivity contribution is 0.0734. The molecule has 0 N–H and O–H groups in total. The third-order valence-electron chi connectivity index (χ3n) is 4.43. The van der Waals surface area contributed by atoms with E-state index in [4.69, 9.17) is 4.74 Å². The molecule has 0 radical (unpaired) electrons. The molecule has 0 spiro atoms. The maximum Gasteiger partial charge on any atom is 0.343 e. The lowest BCUT2D eigenvalue weighted by Crippen LogP contribution is -2.08. The zero-order chi connectivity index (χ0) is 20.5. The number of fused-ring (bicyclic) bond motifs is 1. The monoisotopic (exact) mass is 396 g/mol. The predicted octanol–water partition coefficient (Wildman–Crippen LogP) is 6.28. The molecule has 144 valence electrons. The highest BCUT2D eigenvalue weighted by molar-refractivity contribution is 5.96. The van der Waals surface area contributed by atoms with Gasteiger partial charge in [0.1, 0.15) is 11.6 Å². The molecule has 0 aliphatic carbocycles. The van der Waals surface area contributed by atoms with Crippen LogP contribution in [0, 0.1) is 23.3 Å². The lowest BCUT2D eigenvalue weighted by Gasteiger charge is -2.09. The van der Waals surface area contributed by atoms with Gasteiger partial charge in [0.15, 0.2) is 17.5 Å². The molecule has 0 unspecified atom stereocenters. The molecule has 0 heterocycles. The highest BCUT2D eigenvalue weighted by Crippen LogP contribution is 2.29. The Kier molecular flexibility index (Phi) is 4.76. The predicted molar refractivity (Wildman–Crippen MR) is 101 cm³/mol. The van der Waals surface area contributed by atoms with Crippen molar-refractivity contribution in [1.29, 1.82) is 0 Å². The summed E-state index contributed by atoms with van der Waals surface area (Å²) in [5.74, 6) is -6.11. The van der Waals surface area contributed by atoms with Crippen LogP contribution in [-0.4, -0.2) is 5.97 Å². The van der Waals surface area contributed by atoms with Crippen molar-refractivity contribution in [2.24, 2.45) is 0 Å². The first-order chi connectivity index (χ1) is 13.9. The molecule has 0 fully saturated rings. The Morgan fingerprint density at radius 2 is 1.38 bits per heavy atom. The SMILES string of the molecule is O=C(Oc1ccc(-c2cc(F)c(F)c(F)c2)c(F)c1)c1ccc2ccccc2c1. The van der Waals surface area contributed by atoms with Crippen LogP contribution in [0.4, 0.5) is 17.6 Å². The summed E-state index contributed by atoms with van der Waals surface area (Å²) in [5.41, 5.74) is -0.0459. The average Bonchev–Trinajstić information content (AvgIpc) is 2.71. The zero-order valence-corrected chi connectivity index (χ0v) is 14.8. The fourth-order valence-corrected chi connectivity index (χ4v) is 2.99. The molecule has 0 amide bonds. The van der Waals surface area contributed by atoms with Crippen molar-refractivity contribution in [3.63, 3.8) is 0 Å². The Labute approximate surface area is 163 Å². The first kappa shape index (κ1) is 18.7. The minimum absolute atomic E-state index is 0.0764. The molecule has 0 aromatic heterocycles. The normalized spacial score (nSPS) is 10.9. The molecular weight excluding hydrogens is 384 g/mol. The van der Waals surface area contributed by atoms with Crippen molar-refractivity contribution < 1.29 is 27.1 Å². The summed E-state index contributed by atoms with van der Waals surface area (Å²) in [5, 5.41) is 1.81. The van der Waals surface area contributed by atoms with Gasteiger partial charge in [0.2, 0.25) is 0 Å². The first-order valence-corrected chi connectivity index (χ1v) is 8.58. The van der Waals surface area contributed by atoms with Crippen LogP contribution in [-0.2, 0) is 0 Å². The minimum atomic E-state index is -1.63. The number of carbonyl (C=O) groups is 1. The quantitative estimate of drug-likeness (QED) is 0.176. The molecule has 0 saturated carbocycles. The maximum atomic E-state index is 14.4. The lowest BCUT2D eigenvalue weighted by atomic mass is 10.0. The summed E-state index contributed by atoms with van der Waals surface area (Å²) in [6.07, 6.45) is 0. The molecule has 4 rings (SSSR count). The highest BCUT2D eigenvalue weighted by Gasteiger charge is 2.16. The standard InChI is InChI=1S/C23H12F4O2/c24-19-12-17(7-8-18(19)16-10-20(25)22(27)21(26)11-16)29-23(28)15-6-5-13-3-1-2-4-14(13)9-15/h1-12H. The third-order valence-corrected chi connectivity index (χ3v) is 4.43. The minimum Gasteiger partial charge on any atom is -0.423 e. The molecule has 0 aliphatic rings. The number of ether oxygens (including phenoxy) is 1.